The number of rotatable bonds is 3. The van der Waals surface area contributed by atoms with Crippen LogP contribution in [0.5, 0.6) is 0 Å². The fourth-order valence-corrected chi connectivity index (χ4v) is 3.97. The second-order valence-corrected chi connectivity index (χ2v) is 7.21. The van der Waals surface area contributed by atoms with E-state index >= 15 is 0 Å². The van der Waals surface area contributed by atoms with Crippen molar-refractivity contribution >= 4 is 16.7 Å². The average Bonchev–Trinajstić information content (AvgIpc) is 3.19. The van der Waals surface area contributed by atoms with Crippen molar-refractivity contribution in [3.8, 4) is 11.4 Å². The fourth-order valence-electron chi connectivity index (χ4n) is 3.97. The Hall–Kier alpha value is -3.35. The highest BCUT2D eigenvalue weighted by Crippen LogP contribution is 2.32. The van der Waals surface area contributed by atoms with Crippen LogP contribution in [0.3, 0.4) is 0 Å². The topological polar surface area (TPSA) is 72.6 Å². The number of aromatic nitrogens is 6. The van der Waals surface area contributed by atoms with Gasteiger partial charge in [0.1, 0.15) is 18.0 Å². The molecule has 4 aromatic rings. The second-order valence-electron chi connectivity index (χ2n) is 7.21. The Bertz CT molecular complexity index is 1110. The third kappa shape index (κ3) is 2.98. The van der Waals surface area contributed by atoms with Crippen molar-refractivity contribution in [2.75, 3.05) is 18.0 Å². The Kier molecular flexibility index (Phi) is 4.20. The van der Waals surface area contributed by atoms with Crippen LogP contribution in [0.15, 0.2) is 55.1 Å². The Morgan fingerprint density at radius 2 is 2.00 bits per heavy atom. The number of benzene rings is 1. The highest BCUT2D eigenvalue weighted by atomic mass is 15.3. The van der Waals surface area contributed by atoms with Gasteiger partial charge in [0.2, 0.25) is 0 Å². The molecule has 0 spiro atoms. The predicted octanol–water partition coefficient (Wildman–Crippen LogP) is 3.20. The van der Waals surface area contributed by atoms with Crippen LogP contribution in [0.1, 0.15) is 24.6 Å². The van der Waals surface area contributed by atoms with E-state index in [4.69, 9.17) is 9.97 Å². The van der Waals surface area contributed by atoms with Crippen molar-refractivity contribution < 1.29 is 0 Å². The molecule has 1 aromatic carbocycles. The highest BCUT2D eigenvalue weighted by molar-refractivity contribution is 5.91. The summed E-state index contributed by atoms with van der Waals surface area (Å²) in [5, 5.41) is 9.48. The predicted molar refractivity (Wildman–Crippen MR) is 108 cm³/mol. The van der Waals surface area contributed by atoms with Gasteiger partial charge in [-0.1, -0.05) is 12.1 Å². The van der Waals surface area contributed by atoms with Crippen LogP contribution in [-0.2, 0) is 7.05 Å². The summed E-state index contributed by atoms with van der Waals surface area (Å²) in [5.74, 6) is 3.08. The monoisotopic (exact) mass is 371 g/mol. The van der Waals surface area contributed by atoms with Gasteiger partial charge in [-0.2, -0.15) is 0 Å². The molecule has 1 atom stereocenters. The maximum Gasteiger partial charge on any atom is 0.163 e. The molecule has 1 saturated heterocycles. The summed E-state index contributed by atoms with van der Waals surface area (Å²) >= 11 is 0. The van der Waals surface area contributed by atoms with E-state index in [0.717, 1.165) is 54.0 Å². The zero-order valence-electron chi connectivity index (χ0n) is 15.7. The zero-order valence-corrected chi connectivity index (χ0v) is 15.7. The summed E-state index contributed by atoms with van der Waals surface area (Å²) in [6.45, 7) is 1.85. The first-order valence-corrected chi connectivity index (χ1v) is 9.55. The van der Waals surface area contributed by atoms with E-state index in [2.05, 4.69) is 26.1 Å². The van der Waals surface area contributed by atoms with Gasteiger partial charge in [-0.3, -0.25) is 4.98 Å². The molecule has 0 radical (unpaired) electrons. The molecule has 1 aliphatic heterocycles. The van der Waals surface area contributed by atoms with Gasteiger partial charge in [-0.25, -0.2) is 9.97 Å². The number of hydrogen-bond donors (Lipinski definition) is 0. The maximum atomic E-state index is 4.96. The van der Waals surface area contributed by atoms with Gasteiger partial charge in [0.25, 0.3) is 0 Å². The van der Waals surface area contributed by atoms with Crippen LogP contribution in [0.25, 0.3) is 22.3 Å². The molecule has 0 N–H and O–H groups in total. The molecule has 7 heteroatoms. The van der Waals surface area contributed by atoms with E-state index in [0.29, 0.717) is 11.7 Å². The minimum Gasteiger partial charge on any atom is -0.355 e. The van der Waals surface area contributed by atoms with E-state index in [1.165, 1.54) is 0 Å². The number of piperidine rings is 1. The molecule has 3 aromatic heterocycles. The molecule has 0 unspecified atom stereocenters. The van der Waals surface area contributed by atoms with Crippen molar-refractivity contribution in [1.82, 2.24) is 29.7 Å². The largest absolute Gasteiger partial charge is 0.355 e. The van der Waals surface area contributed by atoms with E-state index < -0.39 is 0 Å². The van der Waals surface area contributed by atoms with Crippen LogP contribution in [-0.4, -0.2) is 42.8 Å². The Morgan fingerprint density at radius 1 is 1.07 bits per heavy atom. The van der Waals surface area contributed by atoms with Crippen molar-refractivity contribution in [3.05, 3.63) is 60.9 Å². The van der Waals surface area contributed by atoms with E-state index in [-0.39, 0.29) is 0 Å². The van der Waals surface area contributed by atoms with Crippen LogP contribution in [0.4, 0.5) is 5.82 Å². The summed E-state index contributed by atoms with van der Waals surface area (Å²) in [5.41, 5.74) is 1.88. The van der Waals surface area contributed by atoms with E-state index in [9.17, 15) is 0 Å². The van der Waals surface area contributed by atoms with Gasteiger partial charge in [-0.05, 0) is 37.1 Å². The maximum absolute atomic E-state index is 4.96. The quantitative estimate of drug-likeness (QED) is 0.551. The number of anilines is 1. The summed E-state index contributed by atoms with van der Waals surface area (Å²) in [4.78, 5) is 16.3. The lowest BCUT2D eigenvalue weighted by Gasteiger charge is -2.33. The lowest BCUT2D eigenvalue weighted by Crippen LogP contribution is -2.36. The molecule has 7 nitrogen and oxygen atoms in total. The normalized spacial score (nSPS) is 17.2. The molecule has 0 amide bonds. The van der Waals surface area contributed by atoms with Gasteiger partial charge in [-0.15, -0.1) is 10.2 Å². The van der Waals surface area contributed by atoms with Gasteiger partial charge >= 0.3 is 0 Å². The minimum atomic E-state index is 0.344. The van der Waals surface area contributed by atoms with Crippen LogP contribution >= 0.6 is 0 Å². The summed E-state index contributed by atoms with van der Waals surface area (Å²) in [7, 11) is 2.01. The van der Waals surface area contributed by atoms with Crippen molar-refractivity contribution in [2.24, 2.45) is 7.05 Å². The molecular formula is C21H21N7. The molecule has 140 valence electrons. The van der Waals surface area contributed by atoms with Crippen LogP contribution in [0.2, 0.25) is 0 Å². The molecule has 5 rings (SSSR count). The Balaban J connectivity index is 1.58. The van der Waals surface area contributed by atoms with Crippen molar-refractivity contribution in [2.45, 2.75) is 18.8 Å². The summed E-state index contributed by atoms with van der Waals surface area (Å²) < 4.78 is 2.02. The van der Waals surface area contributed by atoms with Gasteiger partial charge in [0, 0.05) is 49.4 Å². The standard InChI is InChI=1S/C21H21N7/c1-27-14-23-26-20(27)16-7-5-11-28(13-16)21-17-8-2-3-9-18(17)24-19(25-21)15-6-4-10-22-12-15/h2-4,6,8-10,12,14,16H,5,7,11,13H2,1H3/t16-/m0/s1. The van der Waals surface area contributed by atoms with Crippen LogP contribution in [0, 0.1) is 0 Å². The smallest absolute Gasteiger partial charge is 0.163 e. The van der Waals surface area contributed by atoms with E-state index in [1.54, 1.807) is 12.5 Å². The van der Waals surface area contributed by atoms with Gasteiger partial charge < -0.3 is 9.47 Å². The molecule has 0 aliphatic carbocycles. The highest BCUT2D eigenvalue weighted by Gasteiger charge is 2.27. The molecule has 0 bridgehead atoms. The first kappa shape index (κ1) is 16.8. The first-order chi connectivity index (χ1) is 13.8. The Morgan fingerprint density at radius 3 is 2.82 bits per heavy atom. The van der Waals surface area contributed by atoms with Gasteiger partial charge in [0.15, 0.2) is 5.82 Å². The molecule has 0 saturated carbocycles. The number of nitrogens with zero attached hydrogens (tertiary/aromatic N) is 7. The molecule has 1 fully saturated rings. The van der Waals surface area contributed by atoms with Crippen molar-refractivity contribution in [3.63, 3.8) is 0 Å². The zero-order chi connectivity index (χ0) is 18.9. The average molecular weight is 371 g/mol. The summed E-state index contributed by atoms with van der Waals surface area (Å²) in [6, 6.07) is 12.1. The minimum absolute atomic E-state index is 0.344. The second kappa shape index (κ2) is 6.99. The molecule has 1 aliphatic rings. The number of fused-ring (bicyclic) bond motifs is 1. The van der Waals surface area contributed by atoms with Crippen molar-refractivity contribution in [1.29, 1.82) is 0 Å². The first-order valence-electron chi connectivity index (χ1n) is 9.55. The Labute approximate surface area is 163 Å². The number of aryl methyl sites for hydroxylation is 1. The lowest BCUT2D eigenvalue weighted by molar-refractivity contribution is 0.478. The lowest BCUT2D eigenvalue weighted by atomic mass is 9.97. The SMILES string of the molecule is Cn1cnnc1[C@H]1CCCN(c2nc(-c3cccnc3)nc3ccccc23)C1. The molecule has 28 heavy (non-hydrogen) atoms. The van der Waals surface area contributed by atoms with E-state index in [1.807, 2.05) is 48.1 Å². The van der Waals surface area contributed by atoms with Gasteiger partial charge in [0.05, 0.1) is 5.52 Å². The third-order valence-electron chi connectivity index (χ3n) is 5.34. The number of hydrogen-bond acceptors (Lipinski definition) is 6. The summed E-state index contributed by atoms with van der Waals surface area (Å²) in [6.07, 6.45) is 7.56. The molecular weight excluding hydrogens is 350 g/mol. The fraction of sp³-hybridized carbons (Fsp3) is 0.286. The van der Waals surface area contributed by atoms with Crippen LogP contribution < -0.4 is 4.90 Å². The molecule has 4 heterocycles. The number of para-hydroxylation sites is 1. The number of pyridine rings is 1. The third-order valence-corrected chi connectivity index (χ3v) is 5.34.